The highest BCUT2D eigenvalue weighted by atomic mass is 19.1. The summed E-state index contributed by atoms with van der Waals surface area (Å²) in [6.45, 7) is 1.94. The number of carbonyl (C=O) groups excluding carboxylic acids is 1. The number of nitrogens with zero attached hydrogens (tertiary/aromatic N) is 3. The number of rotatable bonds is 5. The van der Waals surface area contributed by atoms with Crippen molar-refractivity contribution >= 4 is 11.6 Å². The summed E-state index contributed by atoms with van der Waals surface area (Å²) in [4.78, 5) is 15.5. The number of amides is 1. The summed E-state index contributed by atoms with van der Waals surface area (Å²) in [6, 6.07) is 3.76. The third-order valence-electron chi connectivity index (χ3n) is 2.82. The van der Waals surface area contributed by atoms with E-state index in [-0.39, 0.29) is 11.6 Å². The highest BCUT2D eigenvalue weighted by molar-refractivity contribution is 5.94. The summed E-state index contributed by atoms with van der Waals surface area (Å²) >= 11 is 0. The molecule has 0 spiro atoms. The lowest BCUT2D eigenvalue weighted by molar-refractivity contribution is -0.117. The Morgan fingerprint density at radius 1 is 1.55 bits per heavy atom. The zero-order valence-corrected chi connectivity index (χ0v) is 11.1. The van der Waals surface area contributed by atoms with E-state index < -0.39 is 11.9 Å². The number of nitrogens with one attached hydrogen (secondary N) is 1. The summed E-state index contributed by atoms with van der Waals surface area (Å²) in [5.74, 6) is -0.822. The number of hydrogen-bond donors (Lipinski definition) is 2. The van der Waals surface area contributed by atoms with Crippen molar-refractivity contribution in [1.82, 2.24) is 14.8 Å². The molecule has 0 saturated carbocycles. The number of halogens is 1. The highest BCUT2D eigenvalue weighted by Gasteiger charge is 2.13. The zero-order chi connectivity index (χ0) is 14.5. The molecule has 0 aliphatic rings. The molecule has 6 nitrogen and oxygen atoms in total. The molecule has 7 heteroatoms. The Morgan fingerprint density at radius 3 is 2.95 bits per heavy atom. The largest absolute Gasteiger partial charge is 0.325 e. The maximum absolute atomic E-state index is 13.9. The Morgan fingerprint density at radius 2 is 2.35 bits per heavy atom. The fourth-order valence-electron chi connectivity index (χ4n) is 1.78. The van der Waals surface area contributed by atoms with Gasteiger partial charge >= 0.3 is 0 Å². The topological polar surface area (TPSA) is 85.8 Å². The maximum Gasteiger partial charge on any atom is 0.241 e. The molecule has 2 aromatic rings. The van der Waals surface area contributed by atoms with E-state index in [9.17, 15) is 9.18 Å². The lowest BCUT2D eigenvalue weighted by Gasteiger charge is -2.12. The molecule has 0 radical (unpaired) electrons. The van der Waals surface area contributed by atoms with Crippen LogP contribution < -0.4 is 11.1 Å². The van der Waals surface area contributed by atoms with Crippen molar-refractivity contribution in [1.29, 1.82) is 0 Å². The molecule has 0 unspecified atom stereocenters. The van der Waals surface area contributed by atoms with E-state index in [1.807, 2.05) is 6.92 Å². The Hall–Kier alpha value is -2.28. The van der Waals surface area contributed by atoms with Gasteiger partial charge in [0.2, 0.25) is 5.91 Å². The van der Waals surface area contributed by atoms with Gasteiger partial charge in [-0.3, -0.25) is 4.79 Å². The van der Waals surface area contributed by atoms with Crippen molar-refractivity contribution in [3.05, 3.63) is 36.7 Å². The average Bonchev–Trinajstić information content (AvgIpc) is 2.93. The molecule has 2 rings (SSSR count). The quantitative estimate of drug-likeness (QED) is 0.866. The molecule has 106 valence electrons. The van der Waals surface area contributed by atoms with Crippen LogP contribution in [0.5, 0.6) is 0 Å². The van der Waals surface area contributed by atoms with Crippen LogP contribution in [0.15, 0.2) is 30.9 Å². The second-order valence-corrected chi connectivity index (χ2v) is 4.39. The maximum atomic E-state index is 13.9. The van der Waals surface area contributed by atoms with Gasteiger partial charge in [0.15, 0.2) is 5.82 Å². The number of hydrogen-bond acceptors (Lipinski definition) is 4. The summed E-state index contributed by atoms with van der Waals surface area (Å²) in [5.41, 5.74) is 6.32. The standard InChI is InChI=1S/C13H16FN5O/c1-2-3-11(15)13(20)18-9-4-5-12(10(14)6-9)19-8-16-7-17-19/h4-8,11H,2-3,15H2,1H3,(H,18,20)/t11-/m0/s1. The minimum Gasteiger partial charge on any atom is -0.325 e. The number of aromatic nitrogens is 3. The molecule has 0 saturated heterocycles. The van der Waals surface area contributed by atoms with Crippen LogP contribution in [0.4, 0.5) is 10.1 Å². The summed E-state index contributed by atoms with van der Waals surface area (Å²) < 4.78 is 15.3. The fraction of sp³-hybridized carbons (Fsp3) is 0.308. The van der Waals surface area contributed by atoms with E-state index in [2.05, 4.69) is 15.4 Å². The highest BCUT2D eigenvalue weighted by Crippen LogP contribution is 2.17. The van der Waals surface area contributed by atoms with Crippen LogP contribution in [0, 0.1) is 5.82 Å². The van der Waals surface area contributed by atoms with E-state index in [0.29, 0.717) is 12.1 Å². The SMILES string of the molecule is CCC[C@H](N)C(=O)Nc1ccc(-n2cncn2)c(F)c1. The third kappa shape index (κ3) is 3.18. The normalized spacial score (nSPS) is 12.2. The third-order valence-corrected chi connectivity index (χ3v) is 2.82. The molecule has 1 amide bonds. The van der Waals surface area contributed by atoms with Crippen molar-refractivity contribution in [2.75, 3.05) is 5.32 Å². The van der Waals surface area contributed by atoms with E-state index >= 15 is 0 Å². The van der Waals surface area contributed by atoms with Crippen molar-refractivity contribution in [2.24, 2.45) is 5.73 Å². The number of anilines is 1. The first-order valence-electron chi connectivity index (χ1n) is 6.32. The van der Waals surface area contributed by atoms with Crippen molar-refractivity contribution in [2.45, 2.75) is 25.8 Å². The van der Waals surface area contributed by atoms with E-state index in [4.69, 9.17) is 5.73 Å². The molecular formula is C13H16FN5O. The molecule has 0 bridgehead atoms. The first-order valence-corrected chi connectivity index (χ1v) is 6.32. The minimum atomic E-state index is -0.585. The molecular weight excluding hydrogens is 261 g/mol. The zero-order valence-electron chi connectivity index (χ0n) is 11.1. The van der Waals surface area contributed by atoms with Gasteiger partial charge in [0.05, 0.1) is 6.04 Å². The van der Waals surface area contributed by atoms with Gasteiger partial charge in [-0.05, 0) is 24.6 Å². The smallest absolute Gasteiger partial charge is 0.241 e. The number of carbonyl (C=O) groups is 1. The molecule has 0 aliphatic heterocycles. The van der Waals surface area contributed by atoms with Crippen LogP contribution in [-0.4, -0.2) is 26.7 Å². The van der Waals surface area contributed by atoms with Crippen LogP contribution in [0.2, 0.25) is 0 Å². The molecule has 1 heterocycles. The van der Waals surface area contributed by atoms with Gasteiger partial charge in [0, 0.05) is 5.69 Å². The summed E-state index contributed by atoms with van der Waals surface area (Å²) in [7, 11) is 0. The summed E-state index contributed by atoms with van der Waals surface area (Å²) in [5, 5.41) is 6.44. The van der Waals surface area contributed by atoms with Crippen molar-refractivity contribution < 1.29 is 9.18 Å². The molecule has 1 atom stereocenters. The lowest BCUT2D eigenvalue weighted by Crippen LogP contribution is -2.35. The number of benzene rings is 1. The first kappa shape index (κ1) is 14.1. The van der Waals surface area contributed by atoms with Crippen LogP contribution in [-0.2, 0) is 4.79 Å². The van der Waals surface area contributed by atoms with E-state index in [1.54, 1.807) is 6.07 Å². The Balaban J connectivity index is 2.12. The van der Waals surface area contributed by atoms with Crippen molar-refractivity contribution in [3.63, 3.8) is 0 Å². The summed E-state index contributed by atoms with van der Waals surface area (Å²) in [6.07, 6.45) is 4.12. The second-order valence-electron chi connectivity index (χ2n) is 4.39. The van der Waals surface area contributed by atoms with Gasteiger partial charge in [0.1, 0.15) is 18.3 Å². The predicted molar refractivity (Wildman–Crippen MR) is 72.8 cm³/mol. The van der Waals surface area contributed by atoms with Gasteiger partial charge in [-0.15, -0.1) is 0 Å². The van der Waals surface area contributed by atoms with Crippen LogP contribution >= 0.6 is 0 Å². The van der Waals surface area contributed by atoms with Gasteiger partial charge in [-0.25, -0.2) is 14.1 Å². The van der Waals surface area contributed by atoms with Crippen LogP contribution in [0.25, 0.3) is 5.69 Å². The van der Waals surface area contributed by atoms with E-state index in [1.165, 1.54) is 29.5 Å². The molecule has 1 aromatic carbocycles. The monoisotopic (exact) mass is 277 g/mol. The molecule has 1 aromatic heterocycles. The van der Waals surface area contributed by atoms with Gasteiger partial charge < -0.3 is 11.1 Å². The van der Waals surface area contributed by atoms with E-state index in [0.717, 1.165) is 6.42 Å². The van der Waals surface area contributed by atoms with Crippen LogP contribution in [0.3, 0.4) is 0 Å². The minimum absolute atomic E-state index is 0.262. The average molecular weight is 277 g/mol. The second kappa shape index (κ2) is 6.25. The van der Waals surface area contributed by atoms with Crippen LogP contribution in [0.1, 0.15) is 19.8 Å². The molecule has 0 fully saturated rings. The van der Waals surface area contributed by atoms with Gasteiger partial charge in [-0.1, -0.05) is 13.3 Å². The molecule has 3 N–H and O–H groups in total. The Bertz CT molecular complexity index is 584. The number of nitrogens with two attached hydrogens (primary N) is 1. The lowest BCUT2D eigenvalue weighted by atomic mass is 10.1. The predicted octanol–water partition coefficient (Wildman–Crippen LogP) is 1.47. The Kier molecular flexibility index (Phi) is 4.41. The Labute approximate surface area is 115 Å². The molecule has 0 aliphatic carbocycles. The fourth-order valence-corrected chi connectivity index (χ4v) is 1.78. The molecule has 20 heavy (non-hydrogen) atoms. The van der Waals surface area contributed by atoms with Gasteiger partial charge in [-0.2, -0.15) is 5.10 Å². The van der Waals surface area contributed by atoms with Gasteiger partial charge in [0.25, 0.3) is 0 Å². The first-order chi connectivity index (χ1) is 9.61. The van der Waals surface area contributed by atoms with Crippen molar-refractivity contribution in [3.8, 4) is 5.69 Å².